The average molecular weight is 462 g/mol. The molecule has 2 aromatic carbocycles. The van der Waals surface area contributed by atoms with Crippen LogP contribution in [0.4, 0.5) is 11.6 Å². The van der Waals surface area contributed by atoms with Crippen LogP contribution in [0.5, 0.6) is 5.75 Å². The zero-order valence-electron chi connectivity index (χ0n) is 19.4. The number of anilines is 2. The summed E-state index contributed by atoms with van der Waals surface area (Å²) in [6, 6.07) is 16.2. The molecule has 4 rings (SSSR count). The largest absolute Gasteiger partial charge is 0.494 e. The minimum absolute atomic E-state index is 0.0534. The first-order chi connectivity index (χ1) is 16.5. The van der Waals surface area contributed by atoms with Gasteiger partial charge in [-0.15, -0.1) is 0 Å². The van der Waals surface area contributed by atoms with Crippen molar-refractivity contribution in [1.29, 1.82) is 0 Å². The smallest absolute Gasteiger partial charge is 0.338 e. The van der Waals surface area contributed by atoms with Crippen molar-refractivity contribution in [2.24, 2.45) is 0 Å². The van der Waals surface area contributed by atoms with Crippen molar-refractivity contribution < 1.29 is 19.1 Å². The Labute approximate surface area is 198 Å². The summed E-state index contributed by atoms with van der Waals surface area (Å²) in [6.07, 6.45) is 1.42. The summed E-state index contributed by atoms with van der Waals surface area (Å²) in [5, 5.41) is 7.27. The molecule has 176 valence electrons. The molecule has 0 radical (unpaired) electrons. The third-order valence-electron chi connectivity index (χ3n) is 5.47. The van der Waals surface area contributed by atoms with Crippen LogP contribution in [-0.4, -0.2) is 46.4 Å². The lowest BCUT2D eigenvalue weighted by Gasteiger charge is -2.35. The van der Waals surface area contributed by atoms with Crippen LogP contribution < -0.4 is 15.0 Å². The van der Waals surface area contributed by atoms with Crippen LogP contribution in [0.15, 0.2) is 72.2 Å². The molecule has 3 aromatic rings. The minimum atomic E-state index is -0.511. The molecule has 1 amide bonds. The number of amides is 1. The quantitative estimate of drug-likeness (QED) is 0.512. The highest BCUT2D eigenvalue weighted by atomic mass is 16.5. The van der Waals surface area contributed by atoms with E-state index in [1.165, 1.54) is 6.33 Å². The van der Waals surface area contributed by atoms with Gasteiger partial charge in [0.05, 0.1) is 18.8 Å². The predicted octanol–water partition coefficient (Wildman–Crippen LogP) is 3.56. The van der Waals surface area contributed by atoms with Gasteiger partial charge in [0, 0.05) is 11.4 Å². The molecular weight excluding hydrogens is 434 g/mol. The van der Waals surface area contributed by atoms with E-state index >= 15 is 0 Å². The third kappa shape index (κ3) is 4.63. The van der Waals surface area contributed by atoms with Gasteiger partial charge < -0.3 is 19.7 Å². The van der Waals surface area contributed by atoms with Crippen molar-refractivity contribution in [1.82, 2.24) is 14.8 Å². The fourth-order valence-corrected chi connectivity index (χ4v) is 3.98. The fourth-order valence-electron chi connectivity index (χ4n) is 3.98. The van der Waals surface area contributed by atoms with Crippen molar-refractivity contribution in [3.63, 3.8) is 0 Å². The standard InChI is InChI=1S/C25H27N5O4/c1-4-33-20-13-11-19(12-14-20)28-21(31)15-29-17(3)22(24(32)34-5-2)23(18-9-7-6-8-10-18)30-25(29)26-16-27-30/h6-14,16,23H,4-5,15H2,1-3H3,(H,28,31)/t23-/m0/s1. The number of carbonyl (C=O) groups excluding carboxylic acids is 2. The van der Waals surface area contributed by atoms with Gasteiger partial charge in [-0.25, -0.2) is 9.48 Å². The van der Waals surface area contributed by atoms with Gasteiger partial charge in [-0.3, -0.25) is 4.79 Å². The lowest BCUT2D eigenvalue weighted by atomic mass is 9.95. The molecule has 1 atom stereocenters. The summed E-state index contributed by atoms with van der Waals surface area (Å²) < 4.78 is 12.5. The average Bonchev–Trinajstić information content (AvgIpc) is 3.32. The Morgan fingerprint density at radius 1 is 1.03 bits per heavy atom. The van der Waals surface area contributed by atoms with Crippen molar-refractivity contribution >= 4 is 23.5 Å². The molecule has 34 heavy (non-hydrogen) atoms. The zero-order valence-corrected chi connectivity index (χ0v) is 19.4. The molecule has 1 aromatic heterocycles. The Bertz CT molecular complexity index is 1190. The number of hydrogen-bond donors (Lipinski definition) is 1. The van der Waals surface area contributed by atoms with Crippen molar-refractivity contribution in [3.05, 3.63) is 77.8 Å². The monoisotopic (exact) mass is 461 g/mol. The van der Waals surface area contributed by atoms with E-state index in [1.807, 2.05) is 37.3 Å². The maximum absolute atomic E-state index is 13.1. The van der Waals surface area contributed by atoms with E-state index in [0.29, 0.717) is 29.5 Å². The van der Waals surface area contributed by atoms with Crippen LogP contribution >= 0.6 is 0 Å². The fraction of sp³-hybridized carbons (Fsp3) is 0.280. The van der Waals surface area contributed by atoms with Crippen molar-refractivity contribution in [3.8, 4) is 5.75 Å². The molecule has 0 spiro atoms. The number of esters is 1. The molecule has 1 aliphatic rings. The first-order valence-electron chi connectivity index (χ1n) is 11.2. The zero-order chi connectivity index (χ0) is 24.1. The van der Waals surface area contributed by atoms with E-state index in [2.05, 4.69) is 15.4 Å². The maximum atomic E-state index is 13.1. The molecule has 0 saturated heterocycles. The number of rotatable bonds is 8. The van der Waals surface area contributed by atoms with Crippen LogP contribution in [0.1, 0.15) is 32.4 Å². The number of fused-ring (bicyclic) bond motifs is 1. The van der Waals surface area contributed by atoms with Crippen LogP contribution in [0, 0.1) is 0 Å². The number of nitrogens with zero attached hydrogens (tertiary/aromatic N) is 4. The summed E-state index contributed by atoms with van der Waals surface area (Å²) in [5.41, 5.74) is 2.52. The van der Waals surface area contributed by atoms with E-state index in [-0.39, 0.29) is 19.1 Å². The molecule has 0 aliphatic carbocycles. The Morgan fingerprint density at radius 3 is 2.44 bits per heavy atom. The van der Waals surface area contributed by atoms with Gasteiger partial charge in [0.2, 0.25) is 11.9 Å². The van der Waals surface area contributed by atoms with Crippen LogP contribution in [0.3, 0.4) is 0 Å². The lowest BCUT2D eigenvalue weighted by molar-refractivity contribution is -0.139. The van der Waals surface area contributed by atoms with Gasteiger partial charge in [0.25, 0.3) is 0 Å². The van der Waals surface area contributed by atoms with Crippen molar-refractivity contribution in [2.45, 2.75) is 26.8 Å². The number of aromatic nitrogens is 3. The highest BCUT2D eigenvalue weighted by Crippen LogP contribution is 2.38. The molecule has 9 nitrogen and oxygen atoms in total. The second kappa shape index (κ2) is 10.2. The maximum Gasteiger partial charge on any atom is 0.338 e. The topological polar surface area (TPSA) is 98.6 Å². The second-order valence-electron chi connectivity index (χ2n) is 7.63. The van der Waals surface area contributed by atoms with Crippen molar-refractivity contribution in [2.75, 3.05) is 30.0 Å². The SMILES string of the molecule is CCOC(=O)C1=C(C)N(CC(=O)Nc2ccc(OCC)cc2)c2ncnn2[C@H]1c1ccccc1. The van der Waals surface area contributed by atoms with E-state index in [9.17, 15) is 9.59 Å². The molecule has 1 aliphatic heterocycles. The van der Waals surface area contributed by atoms with Gasteiger partial charge in [0.1, 0.15) is 24.7 Å². The minimum Gasteiger partial charge on any atom is -0.494 e. The van der Waals surface area contributed by atoms with Crippen LogP contribution in [0.2, 0.25) is 0 Å². The number of allylic oxidation sites excluding steroid dienone is 1. The number of benzene rings is 2. The number of nitrogens with one attached hydrogen (secondary N) is 1. The van der Waals surface area contributed by atoms with Crippen LogP contribution in [-0.2, 0) is 14.3 Å². The molecule has 0 unspecified atom stereocenters. The van der Waals surface area contributed by atoms with E-state index < -0.39 is 12.0 Å². The molecule has 2 heterocycles. The molecule has 1 N–H and O–H groups in total. The van der Waals surface area contributed by atoms with Gasteiger partial charge >= 0.3 is 5.97 Å². The summed E-state index contributed by atoms with van der Waals surface area (Å²) in [4.78, 5) is 32.1. The summed E-state index contributed by atoms with van der Waals surface area (Å²) in [6.45, 7) is 6.22. The summed E-state index contributed by atoms with van der Waals surface area (Å²) in [5.74, 6) is 0.488. The van der Waals surface area contributed by atoms with E-state index in [4.69, 9.17) is 9.47 Å². The first-order valence-corrected chi connectivity index (χ1v) is 11.2. The molecule has 0 bridgehead atoms. The van der Waals surface area contributed by atoms with E-state index in [0.717, 1.165) is 11.3 Å². The Balaban J connectivity index is 1.65. The Hall–Kier alpha value is -4.14. The molecule has 0 saturated carbocycles. The number of hydrogen-bond acceptors (Lipinski definition) is 7. The summed E-state index contributed by atoms with van der Waals surface area (Å²) in [7, 11) is 0. The van der Waals surface area contributed by atoms with Gasteiger partial charge in [0.15, 0.2) is 0 Å². The molecule has 9 heteroatoms. The lowest BCUT2D eigenvalue weighted by Crippen LogP contribution is -2.40. The highest BCUT2D eigenvalue weighted by Gasteiger charge is 2.38. The predicted molar refractivity (Wildman–Crippen MR) is 128 cm³/mol. The summed E-state index contributed by atoms with van der Waals surface area (Å²) >= 11 is 0. The van der Waals surface area contributed by atoms with Gasteiger partial charge in [-0.2, -0.15) is 10.1 Å². The number of ether oxygens (including phenoxy) is 2. The Kier molecular flexibility index (Phi) is 6.91. The van der Waals surface area contributed by atoms with Crippen LogP contribution in [0.25, 0.3) is 0 Å². The highest BCUT2D eigenvalue weighted by molar-refractivity contribution is 5.96. The Morgan fingerprint density at radius 2 is 1.76 bits per heavy atom. The van der Waals surface area contributed by atoms with Gasteiger partial charge in [-0.1, -0.05) is 30.3 Å². The molecule has 0 fully saturated rings. The van der Waals surface area contributed by atoms with E-state index in [1.54, 1.807) is 47.7 Å². The molecular formula is C25H27N5O4. The normalized spacial score (nSPS) is 15.0. The first kappa shape index (κ1) is 23.0. The second-order valence-corrected chi connectivity index (χ2v) is 7.63. The number of carbonyl (C=O) groups is 2. The van der Waals surface area contributed by atoms with Gasteiger partial charge in [-0.05, 0) is 50.6 Å². The third-order valence-corrected chi connectivity index (χ3v) is 5.47.